The minimum atomic E-state index is -0.391. The molecule has 3 heterocycles. The Morgan fingerprint density at radius 1 is 1.40 bits per heavy atom. The summed E-state index contributed by atoms with van der Waals surface area (Å²) in [6, 6.07) is 0. The molecule has 104 valence electrons. The van der Waals surface area contributed by atoms with Crippen molar-refractivity contribution in [3.63, 3.8) is 0 Å². The molecule has 1 aliphatic rings. The predicted molar refractivity (Wildman–Crippen MR) is 73.8 cm³/mol. The van der Waals surface area contributed by atoms with Gasteiger partial charge in [-0.25, -0.2) is 9.94 Å². The zero-order valence-electron chi connectivity index (χ0n) is 10.9. The molecule has 2 amide bonds. The van der Waals surface area contributed by atoms with Gasteiger partial charge in [-0.3, -0.25) is 14.9 Å². The molecule has 9 heteroatoms. The lowest BCUT2D eigenvalue weighted by Gasteiger charge is -2.10. The molecule has 0 aliphatic carbocycles. The number of hydrogen-bond donors (Lipinski definition) is 2. The highest BCUT2D eigenvalue weighted by atomic mass is 32.1. The van der Waals surface area contributed by atoms with Crippen LogP contribution in [-0.4, -0.2) is 32.1 Å². The Balaban J connectivity index is 1.79. The highest BCUT2D eigenvalue weighted by Gasteiger charge is 2.20. The predicted octanol–water partition coefficient (Wildman–Crippen LogP) is 0.612. The van der Waals surface area contributed by atoms with Crippen LogP contribution in [0.5, 0.6) is 0 Å². The first-order chi connectivity index (χ1) is 9.54. The number of aromatic nitrogens is 3. The number of thiazole rings is 1. The van der Waals surface area contributed by atoms with Gasteiger partial charge in [0.2, 0.25) is 10.9 Å². The summed E-state index contributed by atoms with van der Waals surface area (Å²) >= 11 is 1.51. The highest BCUT2D eigenvalue weighted by molar-refractivity contribution is 7.17. The summed E-state index contributed by atoms with van der Waals surface area (Å²) in [6.45, 7) is 3.94. The van der Waals surface area contributed by atoms with Crippen molar-refractivity contribution in [3.8, 4) is 0 Å². The number of aryl methyl sites for hydroxylation is 2. The highest BCUT2D eigenvalue weighted by Crippen LogP contribution is 2.21. The lowest BCUT2D eigenvalue weighted by molar-refractivity contribution is -0.121. The molecule has 0 bridgehead atoms. The normalized spacial score (nSPS) is 15.1. The van der Waals surface area contributed by atoms with E-state index in [0.717, 1.165) is 15.5 Å². The van der Waals surface area contributed by atoms with Crippen LogP contribution in [0.1, 0.15) is 23.4 Å². The molecule has 3 rings (SSSR count). The van der Waals surface area contributed by atoms with Crippen LogP contribution in [0.2, 0.25) is 0 Å². The monoisotopic (exact) mass is 292 g/mol. The van der Waals surface area contributed by atoms with Crippen LogP contribution in [0.25, 0.3) is 4.96 Å². The van der Waals surface area contributed by atoms with Crippen molar-refractivity contribution in [2.75, 3.05) is 5.32 Å². The van der Waals surface area contributed by atoms with Crippen molar-refractivity contribution in [1.82, 2.24) is 20.0 Å². The minimum Gasteiger partial charge on any atom is -0.288 e. The third-order valence-corrected chi connectivity index (χ3v) is 4.09. The number of hydrogen-bond acceptors (Lipinski definition) is 6. The summed E-state index contributed by atoms with van der Waals surface area (Å²) in [4.78, 5) is 29.0. The topological polar surface area (TPSA) is 101 Å². The molecule has 0 unspecified atom stereocenters. The number of hydrazone groups is 1. The third kappa shape index (κ3) is 2.16. The summed E-state index contributed by atoms with van der Waals surface area (Å²) in [6.07, 6.45) is 0.578. The summed E-state index contributed by atoms with van der Waals surface area (Å²) in [5.41, 5.74) is 3.56. The maximum atomic E-state index is 11.9. The molecular formula is C11H12N6O2S. The molecule has 2 N–H and O–H groups in total. The Labute approximate surface area is 117 Å². The number of nitrogens with one attached hydrogen (secondary N) is 2. The molecule has 0 atom stereocenters. The standard InChI is InChI=1S/C11H12N6O2S/c1-5-6(2)20-11-13-10(16-17(5)11)12-9(19)7-3-4-8(18)15-14-7/h3-4H2,1-2H3,(H,15,18)(H,12,16,19). The fourth-order valence-corrected chi connectivity index (χ4v) is 2.71. The number of nitrogens with zero attached hydrogens (tertiary/aromatic N) is 4. The van der Waals surface area contributed by atoms with Crippen molar-refractivity contribution in [1.29, 1.82) is 0 Å². The fourth-order valence-electron chi connectivity index (χ4n) is 1.81. The number of carbonyl (C=O) groups is 2. The van der Waals surface area contributed by atoms with Gasteiger partial charge in [0.15, 0.2) is 0 Å². The SMILES string of the molecule is Cc1sc2nc(NC(=O)C3=NNC(=O)CC3)nn2c1C. The van der Waals surface area contributed by atoms with Crippen LogP contribution in [0, 0.1) is 13.8 Å². The van der Waals surface area contributed by atoms with E-state index in [1.165, 1.54) is 11.3 Å². The van der Waals surface area contributed by atoms with Crippen LogP contribution in [-0.2, 0) is 9.59 Å². The Bertz CT molecular complexity index is 744. The first kappa shape index (κ1) is 12.7. The van der Waals surface area contributed by atoms with Gasteiger partial charge in [-0.05, 0) is 13.8 Å². The lowest BCUT2D eigenvalue weighted by atomic mass is 10.2. The number of carbonyl (C=O) groups excluding carboxylic acids is 2. The molecule has 0 spiro atoms. The first-order valence-corrected chi connectivity index (χ1v) is 6.86. The van der Waals surface area contributed by atoms with Gasteiger partial charge in [0, 0.05) is 17.7 Å². The van der Waals surface area contributed by atoms with E-state index in [1.807, 2.05) is 13.8 Å². The van der Waals surface area contributed by atoms with Crippen LogP contribution in [0.15, 0.2) is 5.10 Å². The lowest BCUT2D eigenvalue weighted by Crippen LogP contribution is -2.33. The molecule has 0 radical (unpaired) electrons. The second-order valence-corrected chi connectivity index (χ2v) is 5.60. The average molecular weight is 292 g/mol. The van der Waals surface area contributed by atoms with Crippen LogP contribution in [0.4, 0.5) is 5.95 Å². The van der Waals surface area contributed by atoms with Gasteiger partial charge in [0.05, 0.1) is 5.69 Å². The molecule has 0 fully saturated rings. The number of rotatable bonds is 2. The molecule has 0 saturated heterocycles. The van der Waals surface area contributed by atoms with E-state index in [1.54, 1.807) is 4.52 Å². The van der Waals surface area contributed by atoms with E-state index in [-0.39, 0.29) is 24.0 Å². The Hall–Kier alpha value is -2.29. The number of anilines is 1. The summed E-state index contributed by atoms with van der Waals surface area (Å²) < 4.78 is 1.69. The van der Waals surface area contributed by atoms with Gasteiger partial charge in [0.25, 0.3) is 11.9 Å². The van der Waals surface area contributed by atoms with Gasteiger partial charge in [-0.1, -0.05) is 11.3 Å². The van der Waals surface area contributed by atoms with E-state index in [4.69, 9.17) is 0 Å². The Morgan fingerprint density at radius 2 is 2.20 bits per heavy atom. The quantitative estimate of drug-likeness (QED) is 0.847. The smallest absolute Gasteiger partial charge is 0.274 e. The van der Waals surface area contributed by atoms with Crippen molar-refractivity contribution in [2.45, 2.75) is 26.7 Å². The minimum absolute atomic E-state index is 0.187. The summed E-state index contributed by atoms with van der Waals surface area (Å²) in [5.74, 6) is -0.338. The zero-order valence-corrected chi connectivity index (χ0v) is 11.7. The number of amides is 2. The van der Waals surface area contributed by atoms with Crippen LogP contribution < -0.4 is 10.7 Å². The van der Waals surface area contributed by atoms with Gasteiger partial charge in [-0.2, -0.15) is 10.1 Å². The van der Waals surface area contributed by atoms with Gasteiger partial charge in [0.1, 0.15) is 5.71 Å². The maximum Gasteiger partial charge on any atom is 0.274 e. The summed E-state index contributed by atoms with van der Waals surface area (Å²) in [7, 11) is 0. The average Bonchev–Trinajstić information content (AvgIpc) is 2.91. The van der Waals surface area contributed by atoms with E-state index >= 15 is 0 Å². The van der Waals surface area contributed by atoms with Crippen molar-refractivity contribution in [2.24, 2.45) is 5.10 Å². The van der Waals surface area contributed by atoms with Gasteiger partial charge >= 0.3 is 0 Å². The van der Waals surface area contributed by atoms with Crippen molar-refractivity contribution >= 4 is 39.8 Å². The van der Waals surface area contributed by atoms with E-state index < -0.39 is 5.91 Å². The molecule has 2 aromatic rings. The van der Waals surface area contributed by atoms with Gasteiger partial charge in [-0.15, -0.1) is 5.10 Å². The van der Waals surface area contributed by atoms with Crippen LogP contribution in [0.3, 0.4) is 0 Å². The van der Waals surface area contributed by atoms with Crippen molar-refractivity contribution < 1.29 is 9.59 Å². The molecule has 20 heavy (non-hydrogen) atoms. The second kappa shape index (κ2) is 4.67. The molecule has 8 nitrogen and oxygen atoms in total. The second-order valence-electron chi connectivity index (χ2n) is 4.42. The molecule has 2 aromatic heterocycles. The van der Waals surface area contributed by atoms with Crippen molar-refractivity contribution in [3.05, 3.63) is 10.6 Å². The Morgan fingerprint density at radius 3 is 2.85 bits per heavy atom. The maximum absolute atomic E-state index is 11.9. The van der Waals surface area contributed by atoms with E-state index in [2.05, 4.69) is 25.9 Å². The Kier molecular flexibility index (Phi) is 2.97. The number of fused-ring (bicyclic) bond motifs is 1. The van der Waals surface area contributed by atoms with Gasteiger partial charge < -0.3 is 0 Å². The van der Waals surface area contributed by atoms with E-state index in [9.17, 15) is 9.59 Å². The van der Waals surface area contributed by atoms with Crippen LogP contribution >= 0.6 is 11.3 Å². The molecule has 0 saturated carbocycles. The zero-order chi connectivity index (χ0) is 14.3. The third-order valence-electron chi connectivity index (χ3n) is 3.04. The molecule has 0 aromatic carbocycles. The molecular weight excluding hydrogens is 280 g/mol. The largest absolute Gasteiger partial charge is 0.288 e. The molecule has 1 aliphatic heterocycles. The summed E-state index contributed by atoms with van der Waals surface area (Å²) in [5, 5.41) is 10.5. The fraction of sp³-hybridized carbons (Fsp3) is 0.364. The first-order valence-electron chi connectivity index (χ1n) is 6.04. The van der Waals surface area contributed by atoms with E-state index in [0.29, 0.717) is 6.42 Å².